The molecule has 15 heavy (non-hydrogen) atoms. The van der Waals surface area contributed by atoms with Crippen LogP contribution < -0.4 is 5.73 Å². The standard InChI is InChI=1S/C12H14N2O/c1-4-8-14(3)12(15)10-7-5-6-9(2)11(10)13/h1,5-7H,8,13H2,2-3H3. The van der Waals surface area contributed by atoms with Gasteiger partial charge in [0.2, 0.25) is 0 Å². The van der Waals surface area contributed by atoms with Gasteiger partial charge < -0.3 is 10.6 Å². The molecule has 2 N–H and O–H groups in total. The quantitative estimate of drug-likeness (QED) is 0.580. The van der Waals surface area contributed by atoms with Gasteiger partial charge in [-0.3, -0.25) is 4.79 Å². The van der Waals surface area contributed by atoms with Crippen LogP contribution >= 0.6 is 0 Å². The molecular formula is C12H14N2O. The summed E-state index contributed by atoms with van der Waals surface area (Å²) in [6, 6.07) is 5.38. The van der Waals surface area contributed by atoms with Crippen molar-refractivity contribution >= 4 is 11.6 Å². The lowest BCUT2D eigenvalue weighted by Gasteiger charge is -2.15. The molecule has 3 heteroatoms. The fourth-order valence-electron chi connectivity index (χ4n) is 1.28. The lowest BCUT2D eigenvalue weighted by molar-refractivity contribution is 0.0813. The number of amides is 1. The number of benzene rings is 1. The van der Waals surface area contributed by atoms with E-state index in [0.717, 1.165) is 5.56 Å². The summed E-state index contributed by atoms with van der Waals surface area (Å²) in [6.07, 6.45) is 5.14. The van der Waals surface area contributed by atoms with Gasteiger partial charge in [-0.15, -0.1) is 6.42 Å². The number of rotatable bonds is 2. The van der Waals surface area contributed by atoms with E-state index in [1.165, 1.54) is 4.90 Å². The zero-order chi connectivity index (χ0) is 11.4. The third-order valence-corrected chi connectivity index (χ3v) is 2.23. The van der Waals surface area contributed by atoms with Crippen LogP contribution in [-0.4, -0.2) is 24.4 Å². The Balaban J connectivity index is 3.02. The fourth-order valence-corrected chi connectivity index (χ4v) is 1.28. The maximum absolute atomic E-state index is 11.9. The molecule has 0 saturated carbocycles. The van der Waals surface area contributed by atoms with Crippen molar-refractivity contribution in [1.29, 1.82) is 0 Å². The summed E-state index contributed by atoms with van der Waals surface area (Å²) in [4.78, 5) is 13.3. The maximum Gasteiger partial charge on any atom is 0.256 e. The highest BCUT2D eigenvalue weighted by Gasteiger charge is 2.14. The van der Waals surface area contributed by atoms with Gasteiger partial charge in [0.05, 0.1) is 12.1 Å². The van der Waals surface area contributed by atoms with Crippen LogP contribution in [0.2, 0.25) is 0 Å². The average molecular weight is 202 g/mol. The van der Waals surface area contributed by atoms with E-state index in [0.29, 0.717) is 11.3 Å². The topological polar surface area (TPSA) is 46.3 Å². The van der Waals surface area contributed by atoms with Crippen molar-refractivity contribution in [2.45, 2.75) is 6.92 Å². The number of nitrogens with zero attached hydrogens (tertiary/aromatic N) is 1. The van der Waals surface area contributed by atoms with Crippen molar-refractivity contribution in [2.75, 3.05) is 19.3 Å². The number of carbonyl (C=O) groups excluding carboxylic acids is 1. The third kappa shape index (κ3) is 2.29. The maximum atomic E-state index is 11.9. The number of hydrogen-bond donors (Lipinski definition) is 1. The van der Waals surface area contributed by atoms with Crippen LogP contribution in [0.4, 0.5) is 5.69 Å². The Morgan fingerprint density at radius 1 is 1.60 bits per heavy atom. The van der Waals surface area contributed by atoms with Crippen LogP contribution in [0.1, 0.15) is 15.9 Å². The first-order chi connectivity index (χ1) is 7.07. The van der Waals surface area contributed by atoms with Crippen LogP contribution in [0.15, 0.2) is 18.2 Å². The van der Waals surface area contributed by atoms with Gasteiger partial charge in [-0.25, -0.2) is 0 Å². The summed E-state index contributed by atoms with van der Waals surface area (Å²) in [5, 5.41) is 0. The third-order valence-electron chi connectivity index (χ3n) is 2.23. The van der Waals surface area contributed by atoms with Crippen LogP contribution in [0.5, 0.6) is 0 Å². The van der Waals surface area contributed by atoms with E-state index in [1.54, 1.807) is 13.1 Å². The fraction of sp³-hybridized carbons (Fsp3) is 0.250. The van der Waals surface area contributed by atoms with Gasteiger partial charge in [0.25, 0.3) is 5.91 Å². The normalized spacial score (nSPS) is 9.40. The Kier molecular flexibility index (Phi) is 3.35. The summed E-state index contributed by atoms with van der Waals surface area (Å²) in [5.74, 6) is 2.27. The predicted octanol–water partition coefficient (Wildman–Crippen LogP) is 1.28. The highest BCUT2D eigenvalue weighted by molar-refractivity contribution is 5.99. The zero-order valence-corrected chi connectivity index (χ0v) is 8.95. The Bertz CT molecular complexity index is 418. The first-order valence-electron chi connectivity index (χ1n) is 4.62. The Hall–Kier alpha value is -1.95. The molecule has 0 aromatic heterocycles. The van der Waals surface area contributed by atoms with Gasteiger partial charge in [0.15, 0.2) is 0 Å². The molecule has 0 spiro atoms. The van der Waals surface area contributed by atoms with E-state index in [-0.39, 0.29) is 12.5 Å². The van der Waals surface area contributed by atoms with E-state index < -0.39 is 0 Å². The number of hydrogen-bond acceptors (Lipinski definition) is 2. The van der Waals surface area contributed by atoms with Crippen molar-refractivity contribution in [3.8, 4) is 12.3 Å². The molecule has 1 rings (SSSR count). The summed E-state index contributed by atoms with van der Waals surface area (Å²) < 4.78 is 0. The Morgan fingerprint density at radius 2 is 2.27 bits per heavy atom. The van der Waals surface area contributed by atoms with Crippen molar-refractivity contribution in [3.05, 3.63) is 29.3 Å². The van der Waals surface area contributed by atoms with E-state index in [9.17, 15) is 4.79 Å². The predicted molar refractivity (Wildman–Crippen MR) is 61.4 cm³/mol. The molecule has 1 aromatic carbocycles. The Labute approximate surface area is 89.9 Å². The molecule has 78 valence electrons. The van der Waals surface area contributed by atoms with Crippen molar-refractivity contribution in [3.63, 3.8) is 0 Å². The first-order valence-corrected chi connectivity index (χ1v) is 4.62. The number of nitrogen functional groups attached to an aromatic ring is 1. The van der Waals surface area contributed by atoms with Gasteiger partial charge in [0, 0.05) is 12.7 Å². The Morgan fingerprint density at radius 3 is 2.87 bits per heavy atom. The minimum absolute atomic E-state index is 0.144. The average Bonchev–Trinajstić information content (AvgIpc) is 2.21. The number of anilines is 1. The highest BCUT2D eigenvalue weighted by Crippen LogP contribution is 2.17. The van der Waals surface area contributed by atoms with Crippen molar-refractivity contribution in [1.82, 2.24) is 4.90 Å². The molecule has 0 heterocycles. The number of aryl methyl sites for hydroxylation is 1. The molecule has 0 bridgehead atoms. The van der Waals surface area contributed by atoms with Crippen LogP contribution in [0, 0.1) is 19.3 Å². The van der Waals surface area contributed by atoms with E-state index in [1.807, 2.05) is 19.1 Å². The van der Waals surface area contributed by atoms with E-state index >= 15 is 0 Å². The molecule has 0 unspecified atom stereocenters. The van der Waals surface area contributed by atoms with Gasteiger partial charge in [-0.2, -0.15) is 0 Å². The van der Waals surface area contributed by atoms with Crippen LogP contribution in [0.3, 0.4) is 0 Å². The minimum Gasteiger partial charge on any atom is -0.398 e. The lowest BCUT2D eigenvalue weighted by Crippen LogP contribution is -2.27. The summed E-state index contributed by atoms with van der Waals surface area (Å²) in [6.45, 7) is 2.15. The van der Waals surface area contributed by atoms with Gasteiger partial charge >= 0.3 is 0 Å². The number of para-hydroxylation sites is 1. The number of nitrogens with two attached hydrogens (primary N) is 1. The van der Waals surface area contributed by atoms with Crippen molar-refractivity contribution < 1.29 is 4.79 Å². The van der Waals surface area contributed by atoms with Gasteiger partial charge in [-0.1, -0.05) is 18.1 Å². The molecule has 1 aromatic rings. The summed E-state index contributed by atoms with van der Waals surface area (Å²) in [5.41, 5.74) is 7.74. The van der Waals surface area contributed by atoms with Crippen LogP contribution in [-0.2, 0) is 0 Å². The second-order valence-corrected chi connectivity index (χ2v) is 3.40. The smallest absolute Gasteiger partial charge is 0.256 e. The molecule has 0 aliphatic heterocycles. The summed E-state index contributed by atoms with van der Waals surface area (Å²) >= 11 is 0. The van der Waals surface area contributed by atoms with E-state index in [2.05, 4.69) is 5.92 Å². The van der Waals surface area contributed by atoms with Crippen molar-refractivity contribution in [2.24, 2.45) is 0 Å². The molecule has 0 aliphatic carbocycles. The summed E-state index contributed by atoms with van der Waals surface area (Å²) in [7, 11) is 1.66. The zero-order valence-electron chi connectivity index (χ0n) is 8.95. The first kappa shape index (κ1) is 11.1. The monoisotopic (exact) mass is 202 g/mol. The SMILES string of the molecule is C#CCN(C)C(=O)c1cccc(C)c1N. The number of terminal acetylenes is 1. The van der Waals surface area contributed by atoms with Gasteiger partial charge in [0.1, 0.15) is 0 Å². The highest BCUT2D eigenvalue weighted by atomic mass is 16.2. The molecule has 1 amide bonds. The molecule has 3 nitrogen and oxygen atoms in total. The molecular weight excluding hydrogens is 188 g/mol. The minimum atomic E-state index is -0.144. The van der Waals surface area contributed by atoms with E-state index in [4.69, 9.17) is 12.2 Å². The number of carbonyl (C=O) groups is 1. The molecule has 0 saturated heterocycles. The van der Waals surface area contributed by atoms with Crippen LogP contribution in [0.25, 0.3) is 0 Å². The lowest BCUT2D eigenvalue weighted by atomic mass is 10.1. The molecule has 0 atom stereocenters. The largest absolute Gasteiger partial charge is 0.398 e. The molecule has 0 aliphatic rings. The van der Waals surface area contributed by atoms with Gasteiger partial charge in [-0.05, 0) is 18.6 Å². The molecule has 0 radical (unpaired) electrons. The molecule has 0 fully saturated rings. The second kappa shape index (κ2) is 4.52. The second-order valence-electron chi connectivity index (χ2n) is 3.40.